The highest BCUT2D eigenvalue weighted by atomic mass is 35.5. The van der Waals surface area contributed by atoms with Crippen molar-refractivity contribution in [2.75, 3.05) is 0 Å². The van der Waals surface area contributed by atoms with Crippen LogP contribution in [0.2, 0.25) is 5.02 Å². The van der Waals surface area contributed by atoms with Crippen LogP contribution < -0.4 is 0 Å². The molecule has 1 atom stereocenters. The molecular weight excluding hydrogens is 294 g/mol. The minimum absolute atomic E-state index is 0.337. The van der Waals surface area contributed by atoms with Gasteiger partial charge in [0.1, 0.15) is 5.78 Å². The lowest BCUT2D eigenvalue weighted by atomic mass is 10.2. The van der Waals surface area contributed by atoms with Crippen LogP contribution in [0.5, 0.6) is 0 Å². The number of carbonyl (C=O) groups excluding carboxylic acids is 1. The Hall–Kier alpha value is -1.33. The molecule has 0 N–H and O–H groups in total. The molecule has 1 aliphatic carbocycles. The minimum Gasteiger partial charge on any atom is -0.305 e. The first-order valence-electron chi connectivity index (χ1n) is 6.47. The smallest absolute Gasteiger partial charge is 0.191 e. The van der Waals surface area contributed by atoms with E-state index in [0.717, 1.165) is 23.0 Å². The SMILES string of the molecule is Cn1c(S[C@H]2CCC(=O)C2)nnc1-c1ccc(Cl)cc1. The van der Waals surface area contributed by atoms with Crippen molar-refractivity contribution < 1.29 is 4.79 Å². The second-order valence-electron chi connectivity index (χ2n) is 4.89. The van der Waals surface area contributed by atoms with E-state index in [9.17, 15) is 4.79 Å². The summed E-state index contributed by atoms with van der Waals surface area (Å²) < 4.78 is 1.97. The van der Waals surface area contributed by atoms with E-state index in [1.807, 2.05) is 35.9 Å². The number of halogens is 1. The Labute approximate surface area is 126 Å². The van der Waals surface area contributed by atoms with Crippen LogP contribution in [0.15, 0.2) is 29.4 Å². The van der Waals surface area contributed by atoms with E-state index in [2.05, 4.69) is 10.2 Å². The number of Topliss-reactive ketones (excluding diaryl/α,β-unsaturated/α-hetero) is 1. The molecular formula is C14H14ClN3OS. The first kappa shape index (κ1) is 13.6. The van der Waals surface area contributed by atoms with Gasteiger partial charge in [0.2, 0.25) is 0 Å². The highest BCUT2D eigenvalue weighted by Crippen LogP contribution is 2.33. The Morgan fingerprint density at radius 2 is 2.05 bits per heavy atom. The summed E-state index contributed by atoms with van der Waals surface area (Å²) >= 11 is 7.53. The number of hydrogen-bond acceptors (Lipinski definition) is 4. The van der Waals surface area contributed by atoms with Gasteiger partial charge in [-0.1, -0.05) is 23.4 Å². The molecule has 0 saturated heterocycles. The number of benzene rings is 1. The average molecular weight is 308 g/mol. The maximum absolute atomic E-state index is 11.3. The maximum Gasteiger partial charge on any atom is 0.191 e. The number of nitrogens with zero attached hydrogens (tertiary/aromatic N) is 3. The van der Waals surface area contributed by atoms with Crippen molar-refractivity contribution in [1.82, 2.24) is 14.8 Å². The molecule has 0 bridgehead atoms. The Bertz CT molecular complexity index is 638. The molecule has 4 nitrogen and oxygen atoms in total. The molecule has 20 heavy (non-hydrogen) atoms. The molecule has 1 aromatic carbocycles. The first-order valence-corrected chi connectivity index (χ1v) is 7.73. The van der Waals surface area contributed by atoms with Crippen LogP contribution in [0.4, 0.5) is 0 Å². The maximum atomic E-state index is 11.3. The van der Waals surface area contributed by atoms with Gasteiger partial charge < -0.3 is 4.57 Å². The zero-order valence-electron chi connectivity index (χ0n) is 11.0. The summed E-state index contributed by atoms with van der Waals surface area (Å²) in [5.74, 6) is 1.16. The lowest BCUT2D eigenvalue weighted by Gasteiger charge is -2.07. The molecule has 1 saturated carbocycles. The summed E-state index contributed by atoms with van der Waals surface area (Å²) in [7, 11) is 1.95. The van der Waals surface area contributed by atoms with Crippen LogP contribution >= 0.6 is 23.4 Å². The normalized spacial score (nSPS) is 18.7. The Kier molecular flexibility index (Phi) is 3.81. The number of aromatic nitrogens is 3. The highest BCUT2D eigenvalue weighted by molar-refractivity contribution is 7.99. The van der Waals surface area contributed by atoms with Crippen molar-refractivity contribution in [3.63, 3.8) is 0 Å². The van der Waals surface area contributed by atoms with Crippen LogP contribution in [0, 0.1) is 0 Å². The molecule has 0 amide bonds. The summed E-state index contributed by atoms with van der Waals surface area (Å²) in [6.07, 6.45) is 2.28. The van der Waals surface area contributed by atoms with Crippen molar-refractivity contribution in [2.24, 2.45) is 7.05 Å². The summed E-state index contributed by atoms with van der Waals surface area (Å²) in [6.45, 7) is 0. The van der Waals surface area contributed by atoms with Crippen molar-refractivity contribution >= 4 is 29.1 Å². The first-order chi connectivity index (χ1) is 9.63. The van der Waals surface area contributed by atoms with Gasteiger partial charge in [0.05, 0.1) is 0 Å². The van der Waals surface area contributed by atoms with Crippen molar-refractivity contribution in [2.45, 2.75) is 29.7 Å². The predicted octanol–water partition coefficient (Wildman–Crippen LogP) is 3.35. The number of rotatable bonds is 3. The predicted molar refractivity (Wildman–Crippen MR) is 80.0 cm³/mol. The Morgan fingerprint density at radius 1 is 1.30 bits per heavy atom. The molecule has 0 aliphatic heterocycles. The van der Waals surface area contributed by atoms with E-state index >= 15 is 0 Å². The number of ketones is 1. The molecule has 6 heteroatoms. The van der Waals surface area contributed by atoms with Crippen LogP contribution in [-0.4, -0.2) is 25.8 Å². The zero-order valence-corrected chi connectivity index (χ0v) is 12.6. The Balaban J connectivity index is 1.81. The van der Waals surface area contributed by atoms with Crippen molar-refractivity contribution in [1.29, 1.82) is 0 Å². The molecule has 1 aliphatic rings. The standard InChI is InChI=1S/C14H14ClN3OS/c1-18-13(9-2-4-10(15)5-3-9)16-17-14(18)20-12-7-6-11(19)8-12/h2-5,12H,6-8H2,1H3/t12-/m0/s1. The molecule has 1 heterocycles. The van der Waals surface area contributed by atoms with E-state index in [0.29, 0.717) is 28.9 Å². The van der Waals surface area contributed by atoms with E-state index in [1.165, 1.54) is 0 Å². The van der Waals surface area contributed by atoms with Gasteiger partial charge in [0, 0.05) is 35.7 Å². The molecule has 104 valence electrons. The van der Waals surface area contributed by atoms with Gasteiger partial charge in [-0.05, 0) is 30.7 Å². The van der Waals surface area contributed by atoms with Crippen LogP contribution in [0.3, 0.4) is 0 Å². The number of thioether (sulfide) groups is 1. The van der Waals surface area contributed by atoms with Gasteiger partial charge in [-0.25, -0.2) is 0 Å². The van der Waals surface area contributed by atoms with Crippen LogP contribution in [0.1, 0.15) is 19.3 Å². The quantitative estimate of drug-likeness (QED) is 0.872. The average Bonchev–Trinajstić information content (AvgIpc) is 2.99. The molecule has 0 radical (unpaired) electrons. The van der Waals surface area contributed by atoms with E-state index in [1.54, 1.807) is 11.8 Å². The number of carbonyl (C=O) groups is 1. The fourth-order valence-corrected chi connectivity index (χ4v) is 3.56. The van der Waals surface area contributed by atoms with Gasteiger partial charge in [0.15, 0.2) is 11.0 Å². The third-order valence-corrected chi connectivity index (χ3v) is 4.96. The molecule has 1 aromatic heterocycles. The van der Waals surface area contributed by atoms with E-state index in [-0.39, 0.29) is 0 Å². The second kappa shape index (κ2) is 5.58. The van der Waals surface area contributed by atoms with Crippen LogP contribution in [0.25, 0.3) is 11.4 Å². The third-order valence-electron chi connectivity index (χ3n) is 3.41. The minimum atomic E-state index is 0.337. The third kappa shape index (κ3) is 2.74. The summed E-state index contributed by atoms with van der Waals surface area (Å²) in [6, 6.07) is 7.54. The lowest BCUT2D eigenvalue weighted by molar-refractivity contribution is -0.117. The largest absolute Gasteiger partial charge is 0.305 e. The Morgan fingerprint density at radius 3 is 2.70 bits per heavy atom. The van der Waals surface area contributed by atoms with Gasteiger partial charge in [-0.15, -0.1) is 10.2 Å². The molecule has 0 spiro atoms. The molecule has 3 rings (SSSR count). The summed E-state index contributed by atoms with van der Waals surface area (Å²) in [5, 5.41) is 10.4. The summed E-state index contributed by atoms with van der Waals surface area (Å²) in [5.41, 5.74) is 0.985. The fraction of sp³-hybridized carbons (Fsp3) is 0.357. The van der Waals surface area contributed by atoms with Gasteiger partial charge in [-0.2, -0.15) is 0 Å². The molecule has 1 fully saturated rings. The highest BCUT2D eigenvalue weighted by Gasteiger charge is 2.25. The van der Waals surface area contributed by atoms with Crippen molar-refractivity contribution in [3.8, 4) is 11.4 Å². The van der Waals surface area contributed by atoms with Gasteiger partial charge in [0.25, 0.3) is 0 Å². The fourth-order valence-electron chi connectivity index (χ4n) is 2.30. The lowest BCUT2D eigenvalue weighted by Crippen LogP contribution is -2.01. The second-order valence-corrected chi connectivity index (χ2v) is 6.60. The topological polar surface area (TPSA) is 47.8 Å². The monoisotopic (exact) mass is 307 g/mol. The molecule has 2 aromatic rings. The molecule has 0 unspecified atom stereocenters. The number of hydrogen-bond donors (Lipinski definition) is 0. The van der Waals surface area contributed by atoms with E-state index < -0.39 is 0 Å². The van der Waals surface area contributed by atoms with Gasteiger partial charge in [-0.3, -0.25) is 4.79 Å². The van der Waals surface area contributed by atoms with Crippen LogP contribution in [-0.2, 0) is 11.8 Å². The van der Waals surface area contributed by atoms with Crippen molar-refractivity contribution in [3.05, 3.63) is 29.3 Å². The van der Waals surface area contributed by atoms with Gasteiger partial charge >= 0.3 is 0 Å². The zero-order chi connectivity index (χ0) is 14.1. The van der Waals surface area contributed by atoms with E-state index in [4.69, 9.17) is 11.6 Å². The summed E-state index contributed by atoms with van der Waals surface area (Å²) in [4.78, 5) is 11.3.